The fourth-order valence-electron chi connectivity index (χ4n) is 3.97. The molecule has 1 N–H and O–H groups in total. The van der Waals surface area contributed by atoms with Crippen LogP contribution >= 0.6 is 0 Å². The molecule has 0 radical (unpaired) electrons. The van der Waals surface area contributed by atoms with Crippen molar-refractivity contribution in [3.8, 4) is 11.5 Å². The molecule has 0 saturated heterocycles. The zero-order chi connectivity index (χ0) is 15.3. The highest BCUT2D eigenvalue weighted by molar-refractivity contribution is 5.51. The maximum Gasteiger partial charge on any atom is 0.165 e. The average molecular weight is 299 g/mol. The van der Waals surface area contributed by atoms with Gasteiger partial charge in [0.05, 0.1) is 7.11 Å². The van der Waals surface area contributed by atoms with Crippen molar-refractivity contribution < 1.29 is 14.3 Å². The van der Waals surface area contributed by atoms with Gasteiger partial charge in [-0.3, -0.25) is 4.90 Å². The van der Waals surface area contributed by atoms with Crippen LogP contribution in [0.15, 0.2) is 22.6 Å². The quantitative estimate of drug-likeness (QED) is 0.877. The SMILES string of the molecule is COc1c(O)ccc2c1CN1CCc3oc(C)cc3[C@@H]1CC2. The molecule has 0 saturated carbocycles. The molecule has 0 amide bonds. The van der Waals surface area contributed by atoms with Gasteiger partial charge in [0.2, 0.25) is 0 Å². The number of hydrogen-bond donors (Lipinski definition) is 1. The normalized spacial score (nSPS) is 20.7. The first-order valence-corrected chi connectivity index (χ1v) is 7.88. The number of methoxy groups -OCH3 is 1. The lowest BCUT2D eigenvalue weighted by molar-refractivity contribution is 0.164. The van der Waals surface area contributed by atoms with E-state index in [0.29, 0.717) is 11.8 Å². The lowest BCUT2D eigenvalue weighted by Gasteiger charge is -2.33. The van der Waals surface area contributed by atoms with Crippen molar-refractivity contribution >= 4 is 0 Å². The number of hydrogen-bond acceptors (Lipinski definition) is 4. The van der Waals surface area contributed by atoms with E-state index in [1.807, 2.05) is 13.0 Å². The number of rotatable bonds is 1. The van der Waals surface area contributed by atoms with Crippen LogP contribution in [-0.2, 0) is 19.4 Å². The van der Waals surface area contributed by atoms with Crippen molar-refractivity contribution in [2.75, 3.05) is 13.7 Å². The summed E-state index contributed by atoms with van der Waals surface area (Å²) in [7, 11) is 1.63. The van der Waals surface area contributed by atoms with E-state index in [0.717, 1.165) is 49.4 Å². The van der Waals surface area contributed by atoms with Gasteiger partial charge in [-0.1, -0.05) is 6.07 Å². The number of fused-ring (bicyclic) bond motifs is 4. The van der Waals surface area contributed by atoms with Gasteiger partial charge in [-0.15, -0.1) is 0 Å². The molecule has 4 nitrogen and oxygen atoms in total. The first kappa shape index (κ1) is 13.7. The van der Waals surface area contributed by atoms with E-state index in [9.17, 15) is 5.11 Å². The Morgan fingerprint density at radius 2 is 2.18 bits per heavy atom. The van der Waals surface area contributed by atoms with Gasteiger partial charge in [0.1, 0.15) is 11.5 Å². The molecule has 0 spiro atoms. The molecule has 2 aromatic rings. The van der Waals surface area contributed by atoms with Crippen molar-refractivity contribution in [3.05, 3.63) is 46.4 Å². The predicted octanol–water partition coefficient (Wildman–Crippen LogP) is 3.35. The summed E-state index contributed by atoms with van der Waals surface area (Å²) < 4.78 is 11.3. The maximum absolute atomic E-state index is 10.1. The van der Waals surface area contributed by atoms with Gasteiger partial charge in [0.25, 0.3) is 0 Å². The molecule has 4 heteroatoms. The zero-order valence-electron chi connectivity index (χ0n) is 13.1. The molecule has 0 bridgehead atoms. The number of aryl methyl sites for hydroxylation is 2. The van der Waals surface area contributed by atoms with Crippen LogP contribution in [0, 0.1) is 6.92 Å². The maximum atomic E-state index is 10.1. The smallest absolute Gasteiger partial charge is 0.165 e. The summed E-state index contributed by atoms with van der Waals surface area (Å²) in [6, 6.07) is 6.37. The average Bonchev–Trinajstić information content (AvgIpc) is 2.77. The van der Waals surface area contributed by atoms with E-state index < -0.39 is 0 Å². The topological polar surface area (TPSA) is 45.8 Å². The van der Waals surface area contributed by atoms with Crippen LogP contribution in [0.2, 0.25) is 0 Å². The van der Waals surface area contributed by atoms with E-state index >= 15 is 0 Å². The standard InChI is InChI=1S/C18H21NO3/c1-11-9-13-15-5-3-12-4-6-16(20)18(21-2)14(12)10-19(15)8-7-17(13)22-11/h4,6,9,15,20H,3,5,7-8,10H2,1-2H3/t15-/m0/s1. The molecule has 0 aliphatic carbocycles. The van der Waals surface area contributed by atoms with Gasteiger partial charge in [0.15, 0.2) is 11.5 Å². The van der Waals surface area contributed by atoms with Crippen molar-refractivity contribution in [1.82, 2.24) is 4.90 Å². The highest BCUT2D eigenvalue weighted by Gasteiger charge is 2.33. The van der Waals surface area contributed by atoms with Crippen LogP contribution in [0.3, 0.4) is 0 Å². The number of phenols is 1. The highest BCUT2D eigenvalue weighted by atomic mass is 16.5. The minimum Gasteiger partial charge on any atom is -0.504 e. The number of benzene rings is 1. The summed E-state index contributed by atoms with van der Waals surface area (Å²) in [6.07, 6.45) is 3.03. The third-order valence-electron chi connectivity index (χ3n) is 4.98. The summed E-state index contributed by atoms with van der Waals surface area (Å²) in [5.41, 5.74) is 3.76. The summed E-state index contributed by atoms with van der Waals surface area (Å²) >= 11 is 0. The molecule has 1 aromatic carbocycles. The fraction of sp³-hybridized carbons (Fsp3) is 0.444. The van der Waals surface area contributed by atoms with Crippen molar-refractivity contribution in [1.29, 1.82) is 0 Å². The molecular weight excluding hydrogens is 278 g/mol. The Morgan fingerprint density at radius 1 is 1.32 bits per heavy atom. The molecule has 2 aliphatic rings. The van der Waals surface area contributed by atoms with Gasteiger partial charge >= 0.3 is 0 Å². The highest BCUT2D eigenvalue weighted by Crippen LogP contribution is 2.42. The molecule has 3 heterocycles. The van der Waals surface area contributed by atoms with Gasteiger partial charge in [-0.05, 0) is 37.5 Å². The Bertz CT molecular complexity index is 719. The van der Waals surface area contributed by atoms with E-state index in [2.05, 4.69) is 11.0 Å². The first-order chi connectivity index (χ1) is 10.7. The second kappa shape index (κ2) is 5.06. The van der Waals surface area contributed by atoms with Crippen LogP contribution in [0.25, 0.3) is 0 Å². The first-order valence-electron chi connectivity index (χ1n) is 7.88. The van der Waals surface area contributed by atoms with E-state index in [-0.39, 0.29) is 5.75 Å². The predicted molar refractivity (Wildman–Crippen MR) is 83.3 cm³/mol. The Hall–Kier alpha value is -1.94. The summed E-state index contributed by atoms with van der Waals surface area (Å²) in [5.74, 6) is 3.02. The molecule has 2 aliphatic heterocycles. The minimum atomic E-state index is 0.233. The molecular formula is C18H21NO3. The van der Waals surface area contributed by atoms with Crippen LogP contribution in [0.5, 0.6) is 11.5 Å². The minimum absolute atomic E-state index is 0.233. The van der Waals surface area contributed by atoms with E-state index in [4.69, 9.17) is 9.15 Å². The molecule has 116 valence electrons. The monoisotopic (exact) mass is 299 g/mol. The number of ether oxygens (including phenoxy) is 1. The van der Waals surface area contributed by atoms with Gasteiger partial charge in [0, 0.05) is 36.7 Å². The van der Waals surface area contributed by atoms with Crippen molar-refractivity contribution in [2.45, 2.75) is 38.8 Å². The zero-order valence-corrected chi connectivity index (χ0v) is 13.1. The molecule has 0 fully saturated rings. The summed E-state index contributed by atoms with van der Waals surface area (Å²) in [5, 5.41) is 10.1. The summed E-state index contributed by atoms with van der Waals surface area (Å²) in [6.45, 7) is 3.83. The number of phenolic OH excluding ortho intramolecular Hbond substituents is 1. The van der Waals surface area contributed by atoms with Crippen LogP contribution < -0.4 is 4.74 Å². The third kappa shape index (κ3) is 2.02. The largest absolute Gasteiger partial charge is 0.504 e. The van der Waals surface area contributed by atoms with Gasteiger partial charge in [-0.2, -0.15) is 0 Å². The third-order valence-corrected chi connectivity index (χ3v) is 4.98. The second-order valence-electron chi connectivity index (χ2n) is 6.27. The van der Waals surface area contributed by atoms with Crippen molar-refractivity contribution in [2.24, 2.45) is 0 Å². The van der Waals surface area contributed by atoms with Gasteiger partial charge < -0.3 is 14.3 Å². The van der Waals surface area contributed by atoms with Crippen LogP contribution in [0.4, 0.5) is 0 Å². The lowest BCUT2D eigenvalue weighted by atomic mass is 9.95. The molecule has 22 heavy (non-hydrogen) atoms. The van der Waals surface area contributed by atoms with Crippen LogP contribution in [0.1, 0.15) is 40.7 Å². The number of furan rings is 1. The Kier molecular flexibility index (Phi) is 3.15. The Morgan fingerprint density at radius 3 is 3.00 bits per heavy atom. The van der Waals surface area contributed by atoms with E-state index in [1.54, 1.807) is 13.2 Å². The summed E-state index contributed by atoms with van der Waals surface area (Å²) in [4.78, 5) is 2.49. The van der Waals surface area contributed by atoms with E-state index in [1.165, 1.54) is 11.1 Å². The molecule has 4 rings (SSSR count). The molecule has 1 atom stereocenters. The van der Waals surface area contributed by atoms with Gasteiger partial charge in [-0.25, -0.2) is 0 Å². The molecule has 1 aromatic heterocycles. The lowest BCUT2D eigenvalue weighted by Crippen LogP contribution is -2.33. The van der Waals surface area contributed by atoms with Crippen molar-refractivity contribution in [3.63, 3.8) is 0 Å². The molecule has 0 unspecified atom stereocenters. The Balaban J connectivity index is 1.75. The van der Waals surface area contributed by atoms with Crippen LogP contribution in [-0.4, -0.2) is 23.7 Å². The Labute approximate surface area is 130 Å². The second-order valence-corrected chi connectivity index (χ2v) is 6.27. The number of nitrogens with zero attached hydrogens (tertiary/aromatic N) is 1. The fourth-order valence-corrected chi connectivity index (χ4v) is 3.97. The number of aromatic hydroxyl groups is 1.